The molecule has 28 heavy (non-hydrogen) atoms. The molecule has 1 amide bonds. The number of nitrogens with zero attached hydrogens (tertiary/aromatic N) is 1. The highest BCUT2D eigenvalue weighted by Gasteiger charge is 2.32. The number of hydrogen-bond donors (Lipinski definition) is 1. The molecule has 1 atom stereocenters. The Balaban J connectivity index is 2.38. The van der Waals surface area contributed by atoms with Crippen molar-refractivity contribution in [1.82, 2.24) is 0 Å². The first-order valence-corrected chi connectivity index (χ1v) is 10.3. The Hall–Kier alpha value is -2.81. The second-order valence-electron chi connectivity index (χ2n) is 6.01. The van der Waals surface area contributed by atoms with Crippen LogP contribution < -0.4 is 19.1 Å². The fourth-order valence-electron chi connectivity index (χ4n) is 2.77. The van der Waals surface area contributed by atoms with Crippen LogP contribution in [-0.2, 0) is 14.8 Å². The van der Waals surface area contributed by atoms with E-state index in [1.54, 1.807) is 25.1 Å². The summed E-state index contributed by atoms with van der Waals surface area (Å²) in [6, 6.07) is 8.74. The van der Waals surface area contributed by atoms with E-state index in [2.05, 4.69) is 5.32 Å². The fourth-order valence-corrected chi connectivity index (χ4v) is 3.98. The van der Waals surface area contributed by atoms with Crippen molar-refractivity contribution in [3.05, 3.63) is 48.3 Å². The summed E-state index contributed by atoms with van der Waals surface area (Å²) in [6.45, 7) is 1.69. The highest BCUT2D eigenvalue weighted by atomic mass is 32.2. The summed E-state index contributed by atoms with van der Waals surface area (Å²) in [5.41, 5.74) is 0.576. The number of anilines is 2. The summed E-state index contributed by atoms with van der Waals surface area (Å²) in [5.74, 6) is -0.125. The third-order valence-corrected chi connectivity index (χ3v) is 5.26. The van der Waals surface area contributed by atoms with Gasteiger partial charge in [0.25, 0.3) is 0 Å². The van der Waals surface area contributed by atoms with Gasteiger partial charge in [0.2, 0.25) is 15.9 Å². The molecule has 2 aromatic rings. The van der Waals surface area contributed by atoms with Crippen LogP contribution in [0.1, 0.15) is 13.3 Å². The lowest BCUT2D eigenvalue weighted by molar-refractivity contribution is -0.117. The highest BCUT2D eigenvalue weighted by molar-refractivity contribution is 7.92. The lowest BCUT2D eigenvalue weighted by atomic mass is 10.1. The Labute approximate surface area is 164 Å². The first-order chi connectivity index (χ1) is 13.2. The molecule has 7 nitrogen and oxygen atoms in total. The minimum atomic E-state index is -3.81. The summed E-state index contributed by atoms with van der Waals surface area (Å²) in [4.78, 5) is 12.9. The van der Waals surface area contributed by atoms with Crippen LogP contribution in [0, 0.1) is 5.82 Å². The third-order valence-electron chi connectivity index (χ3n) is 4.08. The summed E-state index contributed by atoms with van der Waals surface area (Å²) in [7, 11) is -0.853. The molecule has 0 fully saturated rings. The number of carbonyl (C=O) groups is 1. The van der Waals surface area contributed by atoms with E-state index < -0.39 is 27.8 Å². The van der Waals surface area contributed by atoms with Gasteiger partial charge >= 0.3 is 0 Å². The lowest BCUT2D eigenvalue weighted by Gasteiger charge is -2.30. The average Bonchev–Trinajstić information content (AvgIpc) is 2.66. The van der Waals surface area contributed by atoms with Crippen molar-refractivity contribution in [3.63, 3.8) is 0 Å². The van der Waals surface area contributed by atoms with Crippen molar-refractivity contribution in [2.45, 2.75) is 19.4 Å². The van der Waals surface area contributed by atoms with Gasteiger partial charge in [0.1, 0.15) is 23.4 Å². The maximum Gasteiger partial charge on any atom is 0.248 e. The van der Waals surface area contributed by atoms with E-state index in [1.165, 1.54) is 26.4 Å². The van der Waals surface area contributed by atoms with Gasteiger partial charge < -0.3 is 14.8 Å². The second kappa shape index (κ2) is 8.92. The van der Waals surface area contributed by atoms with E-state index in [0.29, 0.717) is 17.2 Å². The molecule has 0 radical (unpaired) electrons. The number of ether oxygens (including phenoxy) is 2. The maximum atomic E-state index is 13.2. The van der Waals surface area contributed by atoms with Crippen LogP contribution in [0.2, 0.25) is 0 Å². The van der Waals surface area contributed by atoms with Crippen LogP contribution in [0.3, 0.4) is 0 Å². The molecule has 2 rings (SSSR count). The maximum absolute atomic E-state index is 13.2. The predicted octanol–water partition coefficient (Wildman–Crippen LogP) is 3.03. The molecule has 9 heteroatoms. The van der Waals surface area contributed by atoms with Gasteiger partial charge in [0.15, 0.2) is 0 Å². The zero-order valence-electron chi connectivity index (χ0n) is 16.1. The van der Waals surface area contributed by atoms with Crippen molar-refractivity contribution in [2.24, 2.45) is 0 Å². The van der Waals surface area contributed by atoms with E-state index in [1.807, 2.05) is 0 Å². The molecule has 0 saturated carbocycles. The van der Waals surface area contributed by atoms with E-state index >= 15 is 0 Å². The first-order valence-electron chi connectivity index (χ1n) is 8.49. The third kappa shape index (κ3) is 4.92. The van der Waals surface area contributed by atoms with Crippen molar-refractivity contribution in [3.8, 4) is 11.5 Å². The second-order valence-corrected chi connectivity index (χ2v) is 7.87. The van der Waals surface area contributed by atoms with Crippen molar-refractivity contribution in [1.29, 1.82) is 0 Å². The lowest BCUT2D eigenvalue weighted by Crippen LogP contribution is -2.47. The van der Waals surface area contributed by atoms with Crippen LogP contribution >= 0.6 is 0 Å². The largest absolute Gasteiger partial charge is 0.497 e. The Bertz CT molecular complexity index is 932. The first kappa shape index (κ1) is 21.5. The summed E-state index contributed by atoms with van der Waals surface area (Å²) >= 11 is 0. The van der Waals surface area contributed by atoms with Crippen molar-refractivity contribution >= 4 is 27.3 Å². The van der Waals surface area contributed by atoms with Crippen LogP contribution in [0.25, 0.3) is 0 Å². The van der Waals surface area contributed by atoms with Gasteiger partial charge in [0.05, 0.1) is 31.9 Å². The molecule has 0 saturated heterocycles. The van der Waals surface area contributed by atoms with Gasteiger partial charge in [-0.2, -0.15) is 0 Å². The molecule has 152 valence electrons. The molecule has 0 aliphatic carbocycles. The van der Waals surface area contributed by atoms with Gasteiger partial charge in [-0.25, -0.2) is 12.8 Å². The van der Waals surface area contributed by atoms with Gasteiger partial charge in [-0.3, -0.25) is 9.10 Å². The van der Waals surface area contributed by atoms with Crippen molar-refractivity contribution < 1.29 is 27.1 Å². The van der Waals surface area contributed by atoms with E-state index in [0.717, 1.165) is 22.7 Å². The quantitative estimate of drug-likeness (QED) is 0.723. The number of methoxy groups -OCH3 is 2. The molecule has 0 aliphatic rings. The Morgan fingerprint density at radius 3 is 2.29 bits per heavy atom. The molecule has 2 aromatic carbocycles. The number of amides is 1. The standard InChI is InChI=1S/C19H23FN2O5S/c1-5-17(22(28(4,24)25)14-8-6-13(20)7-9-14)19(23)21-16-11-10-15(26-2)12-18(16)27-3/h6-12,17H,5H2,1-4H3,(H,21,23)/t17-/m0/s1. The van der Waals surface area contributed by atoms with Crippen LogP contribution in [0.15, 0.2) is 42.5 Å². The number of hydrogen-bond acceptors (Lipinski definition) is 5. The molecule has 0 spiro atoms. The van der Waals surface area contributed by atoms with Crippen LogP contribution in [-0.4, -0.2) is 40.8 Å². The smallest absolute Gasteiger partial charge is 0.248 e. The number of benzene rings is 2. The number of carbonyl (C=O) groups excluding carboxylic acids is 1. The minimum Gasteiger partial charge on any atom is -0.497 e. The van der Waals surface area contributed by atoms with Gasteiger partial charge in [-0.1, -0.05) is 6.92 Å². The average molecular weight is 410 g/mol. The molecule has 0 aromatic heterocycles. The predicted molar refractivity (Wildman–Crippen MR) is 106 cm³/mol. The Kier molecular flexibility index (Phi) is 6.85. The topological polar surface area (TPSA) is 84.9 Å². The summed E-state index contributed by atoms with van der Waals surface area (Å²) in [5, 5.41) is 2.70. The van der Waals surface area contributed by atoms with Gasteiger partial charge in [0, 0.05) is 6.07 Å². The fraction of sp³-hybridized carbons (Fsp3) is 0.316. The Morgan fingerprint density at radius 1 is 1.14 bits per heavy atom. The molecule has 0 heterocycles. The normalized spacial score (nSPS) is 12.2. The van der Waals surface area contributed by atoms with Gasteiger partial charge in [-0.05, 0) is 42.8 Å². The molecular formula is C19H23FN2O5S. The highest BCUT2D eigenvalue weighted by Crippen LogP contribution is 2.30. The van der Waals surface area contributed by atoms with Crippen LogP contribution in [0.5, 0.6) is 11.5 Å². The zero-order valence-corrected chi connectivity index (χ0v) is 16.9. The number of sulfonamides is 1. The molecular weight excluding hydrogens is 387 g/mol. The SMILES string of the molecule is CC[C@@H](C(=O)Nc1ccc(OC)cc1OC)N(c1ccc(F)cc1)S(C)(=O)=O. The van der Waals surface area contributed by atoms with E-state index in [-0.39, 0.29) is 12.1 Å². The molecule has 0 aliphatic heterocycles. The zero-order chi connectivity index (χ0) is 20.9. The Morgan fingerprint density at radius 2 is 1.79 bits per heavy atom. The molecule has 0 unspecified atom stereocenters. The van der Waals surface area contributed by atoms with Crippen molar-refractivity contribution in [2.75, 3.05) is 30.1 Å². The number of halogens is 1. The van der Waals surface area contributed by atoms with E-state index in [4.69, 9.17) is 9.47 Å². The number of nitrogens with one attached hydrogen (secondary N) is 1. The number of rotatable bonds is 8. The van der Waals surface area contributed by atoms with E-state index in [9.17, 15) is 17.6 Å². The molecule has 0 bridgehead atoms. The summed E-state index contributed by atoms with van der Waals surface area (Å²) in [6.07, 6.45) is 1.20. The summed E-state index contributed by atoms with van der Waals surface area (Å²) < 4.78 is 49.4. The van der Waals surface area contributed by atoms with Gasteiger partial charge in [-0.15, -0.1) is 0 Å². The minimum absolute atomic E-state index is 0.201. The monoisotopic (exact) mass is 410 g/mol. The molecule has 1 N–H and O–H groups in total. The van der Waals surface area contributed by atoms with Crippen LogP contribution in [0.4, 0.5) is 15.8 Å².